The minimum absolute atomic E-state index is 0.0346. The highest BCUT2D eigenvalue weighted by atomic mass is 79.9. The third kappa shape index (κ3) is 1.52. The second kappa shape index (κ2) is 3.66. The smallest absolute Gasteiger partial charge is 0.231 e. The first-order valence-electron chi connectivity index (χ1n) is 4.23. The molecule has 0 aliphatic carbocycles. The van der Waals surface area contributed by atoms with Crippen LogP contribution in [0.1, 0.15) is 27.6 Å². The Kier molecular flexibility index (Phi) is 2.48. The Hall–Kier alpha value is -1.36. The van der Waals surface area contributed by atoms with Gasteiger partial charge >= 0.3 is 0 Å². The third-order valence-corrected chi connectivity index (χ3v) is 2.78. The standard InChI is InChI=1S/C10H7BrO4/c1-5(13)6-2-8(11)7(3-12)10-9(6)14-4-15-10/h2-3H,4H2,1H3. The number of hydrogen-bond acceptors (Lipinski definition) is 4. The van der Waals surface area contributed by atoms with Crippen molar-refractivity contribution in [2.24, 2.45) is 0 Å². The van der Waals surface area contributed by atoms with Crippen molar-refractivity contribution in [3.63, 3.8) is 0 Å². The zero-order valence-corrected chi connectivity index (χ0v) is 9.46. The van der Waals surface area contributed by atoms with Crippen molar-refractivity contribution in [1.82, 2.24) is 0 Å². The molecule has 0 N–H and O–H groups in total. The zero-order chi connectivity index (χ0) is 11.0. The number of Topliss-reactive ketones (excluding diaryl/α,β-unsaturated/α-hetero) is 1. The van der Waals surface area contributed by atoms with Gasteiger partial charge in [0.05, 0.1) is 11.1 Å². The number of fused-ring (bicyclic) bond motifs is 1. The number of ether oxygens (including phenoxy) is 2. The molecule has 1 aliphatic heterocycles. The molecule has 2 rings (SSSR count). The van der Waals surface area contributed by atoms with Crippen LogP contribution in [0.5, 0.6) is 11.5 Å². The maximum absolute atomic E-state index is 11.3. The van der Waals surface area contributed by atoms with Gasteiger partial charge in [0.15, 0.2) is 23.6 Å². The maximum Gasteiger partial charge on any atom is 0.231 e. The molecule has 1 aromatic carbocycles. The van der Waals surface area contributed by atoms with E-state index in [4.69, 9.17) is 9.47 Å². The van der Waals surface area contributed by atoms with E-state index in [1.165, 1.54) is 6.92 Å². The molecule has 1 aromatic rings. The van der Waals surface area contributed by atoms with Crippen LogP contribution in [0.2, 0.25) is 0 Å². The molecule has 0 saturated carbocycles. The summed E-state index contributed by atoms with van der Waals surface area (Å²) in [7, 11) is 0. The van der Waals surface area contributed by atoms with Gasteiger partial charge in [0.2, 0.25) is 6.79 Å². The summed E-state index contributed by atoms with van der Waals surface area (Å²) in [6, 6.07) is 1.57. The highest BCUT2D eigenvalue weighted by molar-refractivity contribution is 9.10. The Labute approximate surface area is 94.3 Å². The first kappa shape index (κ1) is 10.2. The number of halogens is 1. The summed E-state index contributed by atoms with van der Waals surface area (Å²) in [4.78, 5) is 22.1. The SMILES string of the molecule is CC(=O)c1cc(Br)c(C=O)c2c1OCO2. The van der Waals surface area contributed by atoms with Crippen LogP contribution >= 0.6 is 15.9 Å². The lowest BCUT2D eigenvalue weighted by Gasteiger charge is -2.06. The summed E-state index contributed by atoms with van der Waals surface area (Å²) in [6.07, 6.45) is 0.668. The molecule has 0 fully saturated rings. The fraction of sp³-hybridized carbons (Fsp3) is 0.200. The fourth-order valence-electron chi connectivity index (χ4n) is 1.43. The molecule has 4 nitrogen and oxygen atoms in total. The van der Waals surface area contributed by atoms with E-state index in [0.717, 1.165) is 0 Å². The summed E-state index contributed by atoms with van der Waals surface area (Å²) >= 11 is 3.21. The molecule has 0 amide bonds. The van der Waals surface area contributed by atoms with Crippen LogP contribution in [0.3, 0.4) is 0 Å². The van der Waals surface area contributed by atoms with Crippen molar-refractivity contribution < 1.29 is 19.1 Å². The van der Waals surface area contributed by atoms with Crippen molar-refractivity contribution in [1.29, 1.82) is 0 Å². The van der Waals surface area contributed by atoms with E-state index in [1.807, 2.05) is 0 Å². The van der Waals surface area contributed by atoms with Crippen LogP contribution in [0.15, 0.2) is 10.5 Å². The van der Waals surface area contributed by atoms with Crippen molar-refractivity contribution in [3.05, 3.63) is 21.7 Å². The minimum Gasteiger partial charge on any atom is -0.453 e. The van der Waals surface area contributed by atoms with Gasteiger partial charge in [-0.15, -0.1) is 0 Å². The van der Waals surface area contributed by atoms with Crippen LogP contribution in [0.4, 0.5) is 0 Å². The number of benzene rings is 1. The number of hydrogen-bond donors (Lipinski definition) is 0. The predicted octanol–water partition coefficient (Wildman–Crippen LogP) is 2.19. The van der Waals surface area contributed by atoms with Gasteiger partial charge in [-0.25, -0.2) is 0 Å². The summed E-state index contributed by atoms with van der Waals surface area (Å²) in [6.45, 7) is 1.47. The minimum atomic E-state index is -0.130. The van der Waals surface area contributed by atoms with Gasteiger partial charge in [0.1, 0.15) is 0 Å². The number of carbonyl (C=O) groups excluding carboxylic acids is 2. The summed E-state index contributed by atoms with van der Waals surface area (Å²) < 4.78 is 10.9. The van der Waals surface area contributed by atoms with Gasteiger partial charge in [0.25, 0.3) is 0 Å². The average molecular weight is 271 g/mol. The molecule has 0 aromatic heterocycles. The first-order chi connectivity index (χ1) is 7.15. The second-order valence-electron chi connectivity index (χ2n) is 3.06. The van der Waals surface area contributed by atoms with E-state index in [2.05, 4.69) is 15.9 Å². The third-order valence-electron chi connectivity index (χ3n) is 2.13. The van der Waals surface area contributed by atoms with Crippen molar-refractivity contribution in [3.8, 4) is 11.5 Å². The summed E-state index contributed by atoms with van der Waals surface area (Å²) in [5.41, 5.74) is 0.785. The maximum atomic E-state index is 11.3. The van der Waals surface area contributed by atoms with E-state index in [9.17, 15) is 9.59 Å². The van der Waals surface area contributed by atoms with Crippen LogP contribution in [0, 0.1) is 0 Å². The Bertz CT molecular complexity index is 453. The van der Waals surface area contributed by atoms with E-state index >= 15 is 0 Å². The molecule has 5 heteroatoms. The molecule has 0 saturated heterocycles. The van der Waals surface area contributed by atoms with Gasteiger partial charge in [-0.05, 0) is 28.9 Å². The summed E-state index contributed by atoms with van der Waals surface area (Å²) in [5.74, 6) is 0.562. The molecule has 0 atom stereocenters. The van der Waals surface area contributed by atoms with E-state index < -0.39 is 0 Å². The average Bonchev–Trinajstić information content (AvgIpc) is 2.64. The topological polar surface area (TPSA) is 52.6 Å². The Morgan fingerprint density at radius 2 is 2.13 bits per heavy atom. The second-order valence-corrected chi connectivity index (χ2v) is 3.91. The Morgan fingerprint density at radius 1 is 1.47 bits per heavy atom. The quantitative estimate of drug-likeness (QED) is 0.611. The largest absolute Gasteiger partial charge is 0.453 e. The lowest BCUT2D eigenvalue weighted by molar-refractivity contribution is 0.101. The molecule has 78 valence electrons. The fourth-order valence-corrected chi connectivity index (χ4v) is 1.93. The highest BCUT2D eigenvalue weighted by Crippen LogP contribution is 2.42. The van der Waals surface area contributed by atoms with Crippen molar-refractivity contribution in [2.75, 3.05) is 6.79 Å². The first-order valence-corrected chi connectivity index (χ1v) is 5.02. The van der Waals surface area contributed by atoms with E-state index in [0.29, 0.717) is 33.4 Å². The molecule has 15 heavy (non-hydrogen) atoms. The van der Waals surface area contributed by atoms with E-state index in [1.54, 1.807) is 6.07 Å². The predicted molar refractivity (Wildman–Crippen MR) is 55.7 cm³/mol. The van der Waals surface area contributed by atoms with Gasteiger partial charge < -0.3 is 9.47 Å². The molecule has 0 spiro atoms. The van der Waals surface area contributed by atoms with Gasteiger partial charge in [-0.1, -0.05) is 0 Å². The van der Waals surface area contributed by atoms with Crippen molar-refractivity contribution in [2.45, 2.75) is 6.92 Å². The highest BCUT2D eigenvalue weighted by Gasteiger charge is 2.25. The lowest BCUT2D eigenvalue weighted by atomic mass is 10.1. The van der Waals surface area contributed by atoms with Gasteiger partial charge in [-0.2, -0.15) is 0 Å². The summed E-state index contributed by atoms with van der Waals surface area (Å²) in [5, 5.41) is 0. The normalized spacial score (nSPS) is 12.7. The Balaban J connectivity index is 2.73. The number of rotatable bonds is 2. The van der Waals surface area contributed by atoms with Crippen LogP contribution in [-0.4, -0.2) is 18.9 Å². The molecule has 0 bridgehead atoms. The molecule has 1 aliphatic rings. The van der Waals surface area contributed by atoms with E-state index in [-0.39, 0.29) is 12.6 Å². The van der Waals surface area contributed by atoms with Crippen LogP contribution in [0.25, 0.3) is 0 Å². The molecule has 0 unspecified atom stereocenters. The number of aldehydes is 1. The molecule has 0 radical (unpaired) electrons. The van der Waals surface area contributed by atoms with Gasteiger partial charge in [-0.3, -0.25) is 9.59 Å². The number of ketones is 1. The van der Waals surface area contributed by atoms with Gasteiger partial charge in [0, 0.05) is 4.47 Å². The zero-order valence-electron chi connectivity index (χ0n) is 7.87. The molecule has 1 heterocycles. The van der Waals surface area contributed by atoms with Crippen molar-refractivity contribution >= 4 is 28.0 Å². The van der Waals surface area contributed by atoms with Crippen LogP contribution < -0.4 is 9.47 Å². The number of carbonyl (C=O) groups is 2. The van der Waals surface area contributed by atoms with Crippen LogP contribution in [-0.2, 0) is 0 Å². The Morgan fingerprint density at radius 3 is 2.73 bits per heavy atom. The molecular formula is C10H7BrO4. The lowest BCUT2D eigenvalue weighted by Crippen LogP contribution is -1.97. The monoisotopic (exact) mass is 270 g/mol. The molecular weight excluding hydrogens is 264 g/mol.